The fourth-order valence-electron chi connectivity index (χ4n) is 3.76. The summed E-state index contributed by atoms with van der Waals surface area (Å²) in [6.45, 7) is 3.04. The maximum atomic E-state index is 13.2. The van der Waals surface area contributed by atoms with Crippen LogP contribution in [0.25, 0.3) is 0 Å². The molecule has 164 valence electrons. The molecule has 2 heterocycles. The minimum atomic E-state index is -0.481. The normalized spacial score (nSPS) is 16.1. The number of hydrogen-bond acceptors (Lipinski definition) is 4. The fourth-order valence-corrected chi connectivity index (χ4v) is 4.01. The highest BCUT2D eigenvalue weighted by Crippen LogP contribution is 2.30. The van der Waals surface area contributed by atoms with E-state index >= 15 is 0 Å². The van der Waals surface area contributed by atoms with E-state index in [1.807, 2.05) is 18.2 Å². The van der Waals surface area contributed by atoms with Gasteiger partial charge in [0.2, 0.25) is 5.91 Å². The van der Waals surface area contributed by atoms with Gasteiger partial charge in [-0.1, -0.05) is 17.7 Å². The Labute approximate surface area is 185 Å². The van der Waals surface area contributed by atoms with E-state index < -0.39 is 5.82 Å². The molecule has 0 atom stereocenters. The number of rotatable bonds is 4. The Bertz CT molecular complexity index is 976. The van der Waals surface area contributed by atoms with Crippen LogP contribution in [0, 0.1) is 5.82 Å². The Hall–Kier alpha value is -2.80. The van der Waals surface area contributed by atoms with Crippen LogP contribution in [0.1, 0.15) is 28.8 Å². The summed E-state index contributed by atoms with van der Waals surface area (Å²) < 4.78 is 24.6. The van der Waals surface area contributed by atoms with Crippen LogP contribution in [0.15, 0.2) is 36.4 Å². The number of carbonyl (C=O) groups excluding carboxylic acids is 2. The van der Waals surface area contributed by atoms with Gasteiger partial charge in [0, 0.05) is 39.0 Å². The minimum absolute atomic E-state index is 0.0547. The number of benzene rings is 2. The highest BCUT2D eigenvalue weighted by molar-refractivity contribution is 6.33. The molecule has 0 bridgehead atoms. The van der Waals surface area contributed by atoms with Crippen molar-refractivity contribution in [2.45, 2.75) is 19.3 Å². The third kappa shape index (κ3) is 5.10. The highest BCUT2D eigenvalue weighted by atomic mass is 35.5. The lowest BCUT2D eigenvalue weighted by Gasteiger charge is -2.35. The summed E-state index contributed by atoms with van der Waals surface area (Å²) in [5, 5.41) is 0.0960. The van der Waals surface area contributed by atoms with E-state index in [1.54, 1.807) is 9.80 Å². The molecule has 4 rings (SSSR count). The number of aryl methyl sites for hydroxylation is 1. The van der Waals surface area contributed by atoms with Crippen LogP contribution in [-0.2, 0) is 11.2 Å². The molecule has 1 saturated heterocycles. The summed E-state index contributed by atoms with van der Waals surface area (Å²) >= 11 is 6.01. The number of nitrogens with zero attached hydrogens (tertiary/aromatic N) is 2. The summed E-state index contributed by atoms with van der Waals surface area (Å²) in [5.74, 6) is 0.803. The van der Waals surface area contributed by atoms with Crippen LogP contribution in [-0.4, -0.2) is 61.0 Å². The highest BCUT2D eigenvalue weighted by Gasteiger charge is 2.26. The number of amides is 2. The Morgan fingerprint density at radius 1 is 0.935 bits per heavy atom. The van der Waals surface area contributed by atoms with Gasteiger partial charge in [-0.15, -0.1) is 0 Å². The molecule has 0 unspecified atom stereocenters. The summed E-state index contributed by atoms with van der Waals surface area (Å²) in [4.78, 5) is 28.7. The number of halogens is 2. The molecule has 6 nitrogen and oxygen atoms in total. The Morgan fingerprint density at radius 3 is 2.39 bits per heavy atom. The Kier molecular flexibility index (Phi) is 6.61. The summed E-state index contributed by atoms with van der Waals surface area (Å²) in [6, 6.07) is 9.55. The molecule has 0 N–H and O–H groups in total. The zero-order chi connectivity index (χ0) is 21.8. The molecule has 2 amide bonds. The quantitative estimate of drug-likeness (QED) is 0.720. The van der Waals surface area contributed by atoms with Gasteiger partial charge in [0.05, 0.1) is 23.8 Å². The van der Waals surface area contributed by atoms with Crippen molar-refractivity contribution in [3.8, 4) is 11.5 Å². The van der Waals surface area contributed by atoms with Gasteiger partial charge in [0.25, 0.3) is 5.91 Å². The number of fused-ring (bicyclic) bond motifs is 1. The van der Waals surface area contributed by atoms with Gasteiger partial charge in [-0.05, 0) is 42.3 Å². The zero-order valence-corrected chi connectivity index (χ0v) is 17.9. The molecule has 8 heteroatoms. The molecule has 2 aromatic carbocycles. The molecule has 31 heavy (non-hydrogen) atoms. The van der Waals surface area contributed by atoms with Gasteiger partial charge in [0.15, 0.2) is 11.5 Å². The van der Waals surface area contributed by atoms with Crippen molar-refractivity contribution in [2.24, 2.45) is 0 Å². The van der Waals surface area contributed by atoms with Crippen molar-refractivity contribution in [2.75, 3.05) is 39.4 Å². The summed E-state index contributed by atoms with van der Waals surface area (Å²) in [6.07, 6.45) is 1.85. The molecule has 2 aliphatic heterocycles. The van der Waals surface area contributed by atoms with Crippen molar-refractivity contribution < 1.29 is 23.5 Å². The van der Waals surface area contributed by atoms with E-state index in [9.17, 15) is 14.0 Å². The third-order valence-corrected chi connectivity index (χ3v) is 5.83. The lowest BCUT2D eigenvalue weighted by molar-refractivity contribution is -0.132. The van der Waals surface area contributed by atoms with E-state index in [0.29, 0.717) is 52.2 Å². The molecule has 2 aliphatic rings. The number of hydrogen-bond donors (Lipinski definition) is 0. The SMILES string of the molecule is O=C(CCc1ccc2c(c1)OCCCO2)N1CCN(C(=O)c2ccc(F)cc2Cl)CC1. The molecular weight excluding hydrogens is 423 g/mol. The average molecular weight is 447 g/mol. The van der Waals surface area contributed by atoms with Crippen molar-refractivity contribution in [1.29, 1.82) is 0 Å². The molecule has 0 aliphatic carbocycles. The van der Waals surface area contributed by atoms with E-state index in [0.717, 1.165) is 29.5 Å². The maximum Gasteiger partial charge on any atom is 0.255 e. The summed E-state index contributed by atoms with van der Waals surface area (Å²) in [5.41, 5.74) is 1.30. The lowest BCUT2D eigenvalue weighted by Crippen LogP contribution is -2.50. The van der Waals surface area contributed by atoms with Gasteiger partial charge in [-0.2, -0.15) is 0 Å². The molecule has 0 radical (unpaired) electrons. The number of carbonyl (C=O) groups is 2. The monoisotopic (exact) mass is 446 g/mol. The third-order valence-electron chi connectivity index (χ3n) is 5.52. The first kappa shape index (κ1) is 21.4. The van der Waals surface area contributed by atoms with Gasteiger partial charge in [-0.3, -0.25) is 9.59 Å². The van der Waals surface area contributed by atoms with Crippen LogP contribution in [0.5, 0.6) is 11.5 Å². The van der Waals surface area contributed by atoms with Crippen molar-refractivity contribution in [1.82, 2.24) is 9.80 Å². The van der Waals surface area contributed by atoms with Crippen LogP contribution >= 0.6 is 11.6 Å². The molecule has 1 fully saturated rings. The van der Waals surface area contributed by atoms with E-state index in [4.69, 9.17) is 21.1 Å². The standard InChI is InChI=1S/C23H24ClFN2O4/c24-19-15-17(25)4-5-18(19)23(29)27-10-8-26(9-11-27)22(28)7-3-16-2-6-20-21(14-16)31-13-1-12-30-20/h2,4-6,14-15H,1,3,7-13H2. The Balaban J connectivity index is 1.28. The lowest BCUT2D eigenvalue weighted by atomic mass is 10.1. The predicted octanol–water partition coefficient (Wildman–Crippen LogP) is 3.56. The minimum Gasteiger partial charge on any atom is -0.490 e. The van der Waals surface area contributed by atoms with Crippen LogP contribution < -0.4 is 9.47 Å². The molecular formula is C23H24ClFN2O4. The number of ether oxygens (including phenoxy) is 2. The van der Waals surface area contributed by atoms with Crippen LogP contribution in [0.2, 0.25) is 5.02 Å². The second-order valence-electron chi connectivity index (χ2n) is 7.63. The van der Waals surface area contributed by atoms with E-state index in [-0.39, 0.29) is 22.4 Å². The fraction of sp³-hybridized carbons (Fsp3) is 0.391. The average Bonchev–Trinajstić information content (AvgIpc) is 3.02. The van der Waals surface area contributed by atoms with E-state index in [2.05, 4.69) is 0 Å². The smallest absolute Gasteiger partial charge is 0.255 e. The van der Waals surface area contributed by atoms with Crippen LogP contribution in [0.4, 0.5) is 4.39 Å². The van der Waals surface area contributed by atoms with Crippen LogP contribution in [0.3, 0.4) is 0 Å². The first-order chi connectivity index (χ1) is 15.0. The molecule has 2 aromatic rings. The second kappa shape index (κ2) is 9.56. The van der Waals surface area contributed by atoms with Crippen molar-refractivity contribution >= 4 is 23.4 Å². The van der Waals surface area contributed by atoms with Crippen molar-refractivity contribution in [3.05, 3.63) is 58.4 Å². The van der Waals surface area contributed by atoms with Crippen molar-refractivity contribution in [3.63, 3.8) is 0 Å². The predicted molar refractivity (Wildman–Crippen MR) is 114 cm³/mol. The molecule has 0 aromatic heterocycles. The zero-order valence-electron chi connectivity index (χ0n) is 17.1. The van der Waals surface area contributed by atoms with E-state index in [1.165, 1.54) is 12.1 Å². The molecule has 0 spiro atoms. The van der Waals surface area contributed by atoms with Gasteiger partial charge in [0.1, 0.15) is 5.82 Å². The first-order valence-corrected chi connectivity index (χ1v) is 10.8. The molecule has 0 saturated carbocycles. The van der Waals surface area contributed by atoms with Gasteiger partial charge >= 0.3 is 0 Å². The summed E-state index contributed by atoms with van der Waals surface area (Å²) in [7, 11) is 0. The topological polar surface area (TPSA) is 59.1 Å². The maximum absolute atomic E-state index is 13.2. The Morgan fingerprint density at radius 2 is 1.65 bits per heavy atom. The first-order valence-electron chi connectivity index (χ1n) is 10.4. The largest absolute Gasteiger partial charge is 0.490 e. The van der Waals surface area contributed by atoms with Gasteiger partial charge < -0.3 is 19.3 Å². The van der Waals surface area contributed by atoms with Gasteiger partial charge in [-0.25, -0.2) is 4.39 Å². The number of piperazine rings is 1. The second-order valence-corrected chi connectivity index (χ2v) is 8.04.